The van der Waals surface area contributed by atoms with Gasteiger partial charge < -0.3 is 9.84 Å². The van der Waals surface area contributed by atoms with Crippen molar-refractivity contribution in [3.8, 4) is 0 Å². The van der Waals surface area contributed by atoms with Crippen LogP contribution in [0.15, 0.2) is 41.5 Å². The fourth-order valence-electron chi connectivity index (χ4n) is 4.49. The van der Waals surface area contributed by atoms with Gasteiger partial charge in [0.25, 0.3) is 0 Å². The smallest absolute Gasteiger partial charge is 0.343 e. The average Bonchev–Trinajstić information content (AvgIpc) is 3.02. The number of aromatic nitrogens is 1. The first-order valence-corrected chi connectivity index (χ1v) is 9.22. The Morgan fingerprint density at radius 3 is 2.93 bits per heavy atom. The molecule has 1 N–H and O–H groups in total. The lowest BCUT2D eigenvalue weighted by molar-refractivity contribution is -0.163. The van der Waals surface area contributed by atoms with Crippen LogP contribution in [0.25, 0.3) is 16.5 Å². The van der Waals surface area contributed by atoms with Crippen LogP contribution in [0.5, 0.6) is 0 Å². The fraction of sp³-hybridized carbons (Fsp3) is 0.318. The van der Waals surface area contributed by atoms with E-state index in [4.69, 9.17) is 9.72 Å². The molecule has 0 spiro atoms. The minimum atomic E-state index is -1.77. The Hall–Kier alpha value is -2.79. The predicted molar refractivity (Wildman–Crippen MR) is 99.9 cm³/mol. The monoisotopic (exact) mass is 361 g/mol. The molecule has 2 aliphatic carbocycles. The Balaban J connectivity index is 1.73. The van der Waals surface area contributed by atoms with E-state index in [9.17, 15) is 14.7 Å². The van der Waals surface area contributed by atoms with E-state index in [1.807, 2.05) is 31.2 Å². The summed E-state index contributed by atoms with van der Waals surface area (Å²) in [5.41, 5.74) is 3.71. The first-order valence-electron chi connectivity index (χ1n) is 9.22. The van der Waals surface area contributed by atoms with E-state index in [0.29, 0.717) is 17.6 Å². The third kappa shape index (κ3) is 2.06. The number of carbonyl (C=O) groups excluding carboxylic acids is 2. The molecule has 0 fully saturated rings. The van der Waals surface area contributed by atoms with Gasteiger partial charge in [-0.25, -0.2) is 9.78 Å². The van der Waals surface area contributed by atoms with Gasteiger partial charge in [-0.05, 0) is 54.7 Å². The largest absolute Gasteiger partial charge is 0.458 e. The molecular formula is C22H19NO4. The van der Waals surface area contributed by atoms with E-state index < -0.39 is 11.6 Å². The lowest BCUT2D eigenvalue weighted by Gasteiger charge is -2.35. The van der Waals surface area contributed by atoms with Gasteiger partial charge in [0.15, 0.2) is 11.4 Å². The van der Waals surface area contributed by atoms with Crippen LogP contribution in [-0.2, 0) is 20.7 Å². The highest BCUT2D eigenvalue weighted by Gasteiger charge is 2.50. The van der Waals surface area contributed by atoms with Gasteiger partial charge in [0.2, 0.25) is 0 Å². The average molecular weight is 361 g/mol. The molecule has 2 heterocycles. The zero-order valence-electron chi connectivity index (χ0n) is 15.2. The number of ketones is 1. The van der Waals surface area contributed by atoms with E-state index in [0.717, 1.165) is 33.3 Å². The van der Waals surface area contributed by atoms with Gasteiger partial charge >= 0.3 is 5.97 Å². The van der Waals surface area contributed by atoms with E-state index in [1.54, 1.807) is 6.92 Å². The molecular weight excluding hydrogens is 342 g/mol. The SMILES string of the molecule is CCC1(O)C(=O)OCC2=C1C=C1c3nc4cccc(C)c4cc3CC1C2=O. The highest BCUT2D eigenvalue weighted by molar-refractivity contribution is 6.12. The van der Waals surface area contributed by atoms with Crippen molar-refractivity contribution in [2.45, 2.75) is 32.3 Å². The number of benzene rings is 1. The van der Waals surface area contributed by atoms with Crippen molar-refractivity contribution in [3.63, 3.8) is 0 Å². The molecule has 5 rings (SSSR count). The van der Waals surface area contributed by atoms with Gasteiger partial charge in [0.05, 0.1) is 17.1 Å². The van der Waals surface area contributed by atoms with Crippen molar-refractivity contribution in [1.82, 2.24) is 4.98 Å². The van der Waals surface area contributed by atoms with Gasteiger partial charge in [0.1, 0.15) is 6.61 Å². The lowest BCUT2D eigenvalue weighted by atomic mass is 9.75. The molecule has 1 aromatic heterocycles. The first-order chi connectivity index (χ1) is 12.9. The molecule has 0 saturated heterocycles. The van der Waals surface area contributed by atoms with Gasteiger partial charge in [0, 0.05) is 16.5 Å². The summed E-state index contributed by atoms with van der Waals surface area (Å²) in [5.74, 6) is -1.07. The number of ether oxygens (including phenoxy) is 1. The maximum atomic E-state index is 13.2. The van der Waals surface area contributed by atoms with Crippen LogP contribution in [0.2, 0.25) is 0 Å². The molecule has 2 atom stereocenters. The van der Waals surface area contributed by atoms with E-state index >= 15 is 0 Å². The minimum absolute atomic E-state index is 0.0688. The molecule has 136 valence electrons. The standard InChI is InChI=1S/C22H19NO4/c1-3-22(26)17-9-14-15(20(24)16(17)10-27-21(22)25)8-12-7-13-11(2)5-4-6-18(13)23-19(12)14/h4-7,9,15,26H,3,8,10H2,1-2H3. The summed E-state index contributed by atoms with van der Waals surface area (Å²) in [5, 5.41) is 12.0. The summed E-state index contributed by atoms with van der Waals surface area (Å²) in [7, 11) is 0. The summed E-state index contributed by atoms with van der Waals surface area (Å²) in [6.07, 6.45) is 2.56. The molecule has 1 aliphatic heterocycles. The van der Waals surface area contributed by atoms with Crippen LogP contribution >= 0.6 is 0 Å². The maximum Gasteiger partial charge on any atom is 0.343 e. The number of Topliss-reactive ketones (excluding diaryl/α,β-unsaturated/α-hetero) is 1. The second-order valence-corrected chi connectivity index (χ2v) is 7.54. The third-order valence-electron chi connectivity index (χ3n) is 6.11. The van der Waals surface area contributed by atoms with E-state index in [1.165, 1.54) is 0 Å². The number of hydrogen-bond donors (Lipinski definition) is 1. The molecule has 5 heteroatoms. The molecule has 5 nitrogen and oxygen atoms in total. The number of aliphatic hydroxyl groups is 1. The topological polar surface area (TPSA) is 76.5 Å². The Kier molecular flexibility index (Phi) is 3.25. The molecule has 2 unspecified atom stereocenters. The Bertz CT molecular complexity index is 1110. The van der Waals surface area contributed by atoms with Crippen molar-refractivity contribution in [2.24, 2.45) is 5.92 Å². The van der Waals surface area contributed by atoms with Crippen LogP contribution in [0, 0.1) is 12.8 Å². The minimum Gasteiger partial charge on any atom is -0.458 e. The number of esters is 1. The lowest BCUT2D eigenvalue weighted by Crippen LogP contribution is -2.48. The van der Waals surface area contributed by atoms with Crippen LogP contribution in [0.1, 0.15) is 30.2 Å². The number of pyridine rings is 1. The normalized spacial score (nSPS) is 26.5. The number of allylic oxidation sites excluding steroid dienone is 1. The van der Waals surface area contributed by atoms with Crippen molar-refractivity contribution >= 4 is 28.2 Å². The third-order valence-corrected chi connectivity index (χ3v) is 6.11. The van der Waals surface area contributed by atoms with Crippen LogP contribution in [0.4, 0.5) is 0 Å². The number of carbonyl (C=O) groups is 2. The zero-order valence-corrected chi connectivity index (χ0v) is 15.2. The number of fused-ring (bicyclic) bond motifs is 4. The Labute approximate surface area is 156 Å². The quantitative estimate of drug-likeness (QED) is 0.791. The van der Waals surface area contributed by atoms with Crippen molar-refractivity contribution in [1.29, 1.82) is 0 Å². The van der Waals surface area contributed by atoms with Crippen molar-refractivity contribution < 1.29 is 19.4 Å². The second kappa shape index (κ2) is 5.36. The molecule has 2 aromatic rings. The number of aryl methyl sites for hydroxylation is 1. The molecule has 1 aromatic carbocycles. The van der Waals surface area contributed by atoms with Crippen molar-refractivity contribution in [2.75, 3.05) is 6.61 Å². The molecule has 3 aliphatic rings. The fourth-order valence-corrected chi connectivity index (χ4v) is 4.49. The summed E-state index contributed by atoms with van der Waals surface area (Å²) in [6.45, 7) is 3.69. The first kappa shape index (κ1) is 16.4. The summed E-state index contributed by atoms with van der Waals surface area (Å²) in [6, 6.07) is 8.10. The molecule has 0 saturated carbocycles. The van der Waals surface area contributed by atoms with Gasteiger partial charge in [-0.15, -0.1) is 0 Å². The van der Waals surface area contributed by atoms with Gasteiger partial charge in [-0.3, -0.25) is 4.79 Å². The van der Waals surface area contributed by atoms with Gasteiger partial charge in [-0.2, -0.15) is 0 Å². The van der Waals surface area contributed by atoms with Gasteiger partial charge in [-0.1, -0.05) is 19.1 Å². The van der Waals surface area contributed by atoms with Crippen LogP contribution < -0.4 is 0 Å². The molecule has 0 amide bonds. The number of hydrogen-bond acceptors (Lipinski definition) is 5. The summed E-state index contributed by atoms with van der Waals surface area (Å²) in [4.78, 5) is 30.2. The van der Waals surface area contributed by atoms with Crippen LogP contribution in [-0.4, -0.2) is 34.1 Å². The van der Waals surface area contributed by atoms with E-state index in [-0.39, 0.29) is 24.7 Å². The second-order valence-electron chi connectivity index (χ2n) is 7.54. The highest BCUT2D eigenvalue weighted by atomic mass is 16.6. The van der Waals surface area contributed by atoms with Crippen LogP contribution in [0.3, 0.4) is 0 Å². The zero-order chi connectivity index (χ0) is 18.9. The maximum absolute atomic E-state index is 13.2. The number of rotatable bonds is 1. The Morgan fingerprint density at radius 2 is 2.15 bits per heavy atom. The summed E-state index contributed by atoms with van der Waals surface area (Å²) < 4.78 is 5.12. The predicted octanol–water partition coefficient (Wildman–Crippen LogP) is 2.68. The number of cyclic esters (lactones) is 1. The summed E-state index contributed by atoms with van der Waals surface area (Å²) >= 11 is 0. The van der Waals surface area contributed by atoms with E-state index in [2.05, 4.69) is 6.07 Å². The highest BCUT2D eigenvalue weighted by Crippen LogP contribution is 2.46. The molecule has 0 radical (unpaired) electrons. The Morgan fingerprint density at radius 1 is 1.33 bits per heavy atom. The molecule has 27 heavy (non-hydrogen) atoms. The number of nitrogens with zero attached hydrogens (tertiary/aromatic N) is 1. The molecule has 0 bridgehead atoms. The van der Waals surface area contributed by atoms with Crippen molar-refractivity contribution in [3.05, 3.63) is 58.3 Å².